The van der Waals surface area contributed by atoms with Gasteiger partial charge in [0.05, 0.1) is 6.42 Å². The molecule has 1 aromatic rings. The first-order valence-electron chi connectivity index (χ1n) is 5.63. The van der Waals surface area contributed by atoms with E-state index in [1.807, 2.05) is 38.2 Å². The van der Waals surface area contributed by atoms with Crippen LogP contribution in [0.2, 0.25) is 0 Å². The maximum atomic E-state index is 11.8. The number of benzene rings is 1. The molecule has 0 heterocycles. The van der Waals surface area contributed by atoms with Crippen molar-refractivity contribution < 1.29 is 4.79 Å². The van der Waals surface area contributed by atoms with Crippen LogP contribution in [0.25, 0.3) is 0 Å². The molecule has 0 fully saturated rings. The van der Waals surface area contributed by atoms with Crippen molar-refractivity contribution in [1.82, 2.24) is 4.90 Å². The Morgan fingerprint density at radius 2 is 1.94 bits per heavy atom. The van der Waals surface area contributed by atoms with Gasteiger partial charge in [0.2, 0.25) is 5.91 Å². The third kappa shape index (κ3) is 4.03. The summed E-state index contributed by atoms with van der Waals surface area (Å²) in [5.74, 6) is 0.150. The summed E-state index contributed by atoms with van der Waals surface area (Å²) in [4.78, 5) is 13.5. The number of nitrogens with zero attached hydrogens (tertiary/aromatic N) is 1. The van der Waals surface area contributed by atoms with Crippen LogP contribution in [-0.4, -0.2) is 30.9 Å². The normalized spacial score (nSPS) is 10.2. The van der Waals surface area contributed by atoms with E-state index in [9.17, 15) is 4.79 Å². The molecule has 0 spiro atoms. The van der Waals surface area contributed by atoms with Gasteiger partial charge >= 0.3 is 0 Å². The number of hydrogen-bond acceptors (Lipinski definition) is 2. The van der Waals surface area contributed by atoms with Crippen LogP contribution in [-0.2, 0) is 11.2 Å². The van der Waals surface area contributed by atoms with Gasteiger partial charge in [0.15, 0.2) is 0 Å². The summed E-state index contributed by atoms with van der Waals surface area (Å²) in [5, 5.41) is 0. The molecule has 0 unspecified atom stereocenters. The maximum Gasteiger partial charge on any atom is 0.226 e. The lowest BCUT2D eigenvalue weighted by Gasteiger charge is -2.16. The van der Waals surface area contributed by atoms with Crippen molar-refractivity contribution in [2.24, 2.45) is 5.73 Å². The van der Waals surface area contributed by atoms with Gasteiger partial charge in [0, 0.05) is 13.6 Å². The summed E-state index contributed by atoms with van der Waals surface area (Å²) in [6, 6.07) is 8.07. The second-order valence-corrected chi connectivity index (χ2v) is 4.12. The van der Waals surface area contributed by atoms with Crippen molar-refractivity contribution in [3.63, 3.8) is 0 Å². The smallest absolute Gasteiger partial charge is 0.226 e. The number of carbonyl (C=O) groups excluding carboxylic acids is 1. The molecule has 0 aromatic heterocycles. The minimum atomic E-state index is 0.150. The molecule has 3 nitrogen and oxygen atoms in total. The minimum Gasteiger partial charge on any atom is -0.345 e. The number of rotatable bonds is 5. The van der Waals surface area contributed by atoms with E-state index in [4.69, 9.17) is 5.73 Å². The Morgan fingerprint density at radius 3 is 2.50 bits per heavy atom. The van der Waals surface area contributed by atoms with Gasteiger partial charge in [-0.2, -0.15) is 0 Å². The van der Waals surface area contributed by atoms with Crippen molar-refractivity contribution in [3.05, 3.63) is 35.4 Å². The Kier molecular flexibility index (Phi) is 4.99. The summed E-state index contributed by atoms with van der Waals surface area (Å²) in [6.07, 6.45) is 1.33. The van der Waals surface area contributed by atoms with E-state index in [0.717, 1.165) is 18.5 Å². The van der Waals surface area contributed by atoms with E-state index in [0.29, 0.717) is 13.0 Å². The lowest BCUT2D eigenvalue weighted by molar-refractivity contribution is -0.129. The molecule has 88 valence electrons. The molecule has 1 aromatic carbocycles. The van der Waals surface area contributed by atoms with Gasteiger partial charge < -0.3 is 10.6 Å². The Labute approximate surface area is 97.2 Å². The van der Waals surface area contributed by atoms with Crippen LogP contribution in [0.1, 0.15) is 17.5 Å². The summed E-state index contributed by atoms with van der Waals surface area (Å²) >= 11 is 0. The first-order chi connectivity index (χ1) is 7.63. The molecule has 3 heteroatoms. The van der Waals surface area contributed by atoms with E-state index in [-0.39, 0.29) is 5.91 Å². The van der Waals surface area contributed by atoms with Gasteiger partial charge in [-0.3, -0.25) is 4.79 Å². The Balaban J connectivity index is 2.47. The van der Waals surface area contributed by atoms with Crippen molar-refractivity contribution >= 4 is 5.91 Å². The number of hydrogen-bond donors (Lipinski definition) is 1. The average molecular weight is 220 g/mol. The molecule has 0 atom stereocenters. The van der Waals surface area contributed by atoms with E-state index in [1.165, 1.54) is 5.56 Å². The highest BCUT2D eigenvalue weighted by molar-refractivity contribution is 5.78. The molecule has 1 rings (SSSR count). The van der Waals surface area contributed by atoms with Gasteiger partial charge in [-0.05, 0) is 25.5 Å². The van der Waals surface area contributed by atoms with Gasteiger partial charge in [-0.15, -0.1) is 0 Å². The standard InChI is InChI=1S/C13H20N2O/c1-11-4-6-12(7-5-11)10-13(16)15(2)9-3-8-14/h4-7H,3,8-10,14H2,1-2H3. The molecule has 16 heavy (non-hydrogen) atoms. The molecule has 0 saturated heterocycles. The first kappa shape index (κ1) is 12.7. The Hall–Kier alpha value is -1.35. The number of aryl methyl sites for hydroxylation is 1. The SMILES string of the molecule is Cc1ccc(CC(=O)N(C)CCCN)cc1. The summed E-state index contributed by atoms with van der Waals surface area (Å²) in [5.41, 5.74) is 7.69. The van der Waals surface area contributed by atoms with Crippen LogP contribution >= 0.6 is 0 Å². The third-order valence-corrected chi connectivity index (χ3v) is 2.60. The average Bonchev–Trinajstić information content (AvgIpc) is 2.29. The highest BCUT2D eigenvalue weighted by Crippen LogP contribution is 2.05. The fourth-order valence-electron chi connectivity index (χ4n) is 1.47. The number of carbonyl (C=O) groups is 1. The molecule has 0 saturated carbocycles. The Morgan fingerprint density at radius 1 is 1.31 bits per heavy atom. The summed E-state index contributed by atoms with van der Waals surface area (Å²) in [6.45, 7) is 3.41. The monoisotopic (exact) mass is 220 g/mol. The predicted octanol–water partition coefficient (Wildman–Crippen LogP) is 1.34. The first-order valence-corrected chi connectivity index (χ1v) is 5.63. The maximum absolute atomic E-state index is 11.8. The lowest BCUT2D eigenvalue weighted by Crippen LogP contribution is -2.30. The molecule has 0 aliphatic rings. The minimum absolute atomic E-state index is 0.150. The van der Waals surface area contributed by atoms with Crippen LogP contribution in [0.4, 0.5) is 0 Å². The van der Waals surface area contributed by atoms with Crippen LogP contribution < -0.4 is 5.73 Å². The summed E-state index contributed by atoms with van der Waals surface area (Å²) in [7, 11) is 1.83. The molecule has 0 bridgehead atoms. The zero-order valence-electron chi connectivity index (χ0n) is 10.1. The largest absolute Gasteiger partial charge is 0.345 e. The van der Waals surface area contributed by atoms with Crippen LogP contribution in [0.3, 0.4) is 0 Å². The van der Waals surface area contributed by atoms with E-state index >= 15 is 0 Å². The fraction of sp³-hybridized carbons (Fsp3) is 0.462. The van der Waals surface area contributed by atoms with Crippen molar-refractivity contribution in [1.29, 1.82) is 0 Å². The molecule has 1 amide bonds. The van der Waals surface area contributed by atoms with Crippen LogP contribution in [0.15, 0.2) is 24.3 Å². The highest BCUT2D eigenvalue weighted by Gasteiger charge is 2.08. The number of nitrogens with two attached hydrogens (primary N) is 1. The second-order valence-electron chi connectivity index (χ2n) is 4.12. The van der Waals surface area contributed by atoms with Crippen molar-refractivity contribution in [2.45, 2.75) is 19.8 Å². The summed E-state index contributed by atoms with van der Waals surface area (Å²) < 4.78 is 0. The molecule has 0 radical (unpaired) electrons. The molecular weight excluding hydrogens is 200 g/mol. The van der Waals surface area contributed by atoms with E-state index < -0.39 is 0 Å². The van der Waals surface area contributed by atoms with E-state index in [1.54, 1.807) is 4.90 Å². The molecule has 0 aliphatic carbocycles. The van der Waals surface area contributed by atoms with E-state index in [2.05, 4.69) is 0 Å². The Bertz CT molecular complexity index is 332. The zero-order chi connectivity index (χ0) is 12.0. The quantitative estimate of drug-likeness (QED) is 0.814. The molecular formula is C13H20N2O. The molecule has 0 aliphatic heterocycles. The van der Waals surface area contributed by atoms with Crippen molar-refractivity contribution in [2.75, 3.05) is 20.1 Å². The topological polar surface area (TPSA) is 46.3 Å². The predicted molar refractivity (Wildman–Crippen MR) is 66.2 cm³/mol. The van der Waals surface area contributed by atoms with Gasteiger partial charge in [0.1, 0.15) is 0 Å². The van der Waals surface area contributed by atoms with Crippen LogP contribution in [0, 0.1) is 6.92 Å². The van der Waals surface area contributed by atoms with Crippen LogP contribution in [0.5, 0.6) is 0 Å². The fourth-order valence-corrected chi connectivity index (χ4v) is 1.47. The zero-order valence-corrected chi connectivity index (χ0v) is 10.1. The van der Waals surface area contributed by atoms with Crippen molar-refractivity contribution in [3.8, 4) is 0 Å². The number of likely N-dealkylation sites (N-methyl/N-ethyl adjacent to an activating group) is 1. The lowest BCUT2D eigenvalue weighted by atomic mass is 10.1. The van der Waals surface area contributed by atoms with Gasteiger partial charge in [-0.25, -0.2) is 0 Å². The number of amides is 1. The van der Waals surface area contributed by atoms with Gasteiger partial charge in [0.25, 0.3) is 0 Å². The third-order valence-electron chi connectivity index (χ3n) is 2.60. The molecule has 2 N–H and O–H groups in total. The second kappa shape index (κ2) is 6.28. The highest BCUT2D eigenvalue weighted by atomic mass is 16.2. The van der Waals surface area contributed by atoms with Gasteiger partial charge in [-0.1, -0.05) is 29.8 Å².